The summed E-state index contributed by atoms with van der Waals surface area (Å²) in [6.07, 6.45) is 5.49. The van der Waals surface area contributed by atoms with Gasteiger partial charge in [0.1, 0.15) is 11.8 Å². The van der Waals surface area contributed by atoms with Gasteiger partial charge in [-0.05, 0) is 84.3 Å². The maximum atomic E-state index is 13.1. The minimum absolute atomic E-state index is 0.122. The van der Waals surface area contributed by atoms with E-state index in [1.54, 1.807) is 24.0 Å². The van der Waals surface area contributed by atoms with Crippen molar-refractivity contribution < 1.29 is 14.3 Å². The van der Waals surface area contributed by atoms with Crippen molar-refractivity contribution in [2.45, 2.75) is 57.7 Å². The molecule has 31 heavy (non-hydrogen) atoms. The topological polar surface area (TPSA) is 58.6 Å². The Bertz CT molecular complexity index is 867. The van der Waals surface area contributed by atoms with Crippen molar-refractivity contribution in [2.75, 3.05) is 6.61 Å². The number of nitrogens with one attached hydrogen (secondary N) is 1. The van der Waals surface area contributed by atoms with Crippen LogP contribution in [-0.4, -0.2) is 35.4 Å². The van der Waals surface area contributed by atoms with Gasteiger partial charge in [-0.15, -0.1) is 0 Å². The van der Waals surface area contributed by atoms with Gasteiger partial charge in [0.2, 0.25) is 5.91 Å². The predicted molar refractivity (Wildman–Crippen MR) is 131 cm³/mol. The molecule has 0 unspecified atom stereocenters. The molecule has 2 aromatic rings. The average molecular weight is 555 g/mol. The largest absolute Gasteiger partial charge is 0.484 e. The molecule has 166 valence electrons. The van der Waals surface area contributed by atoms with Crippen LogP contribution in [0.1, 0.15) is 44.6 Å². The number of halogens is 2. The molecule has 1 atom stereocenters. The summed E-state index contributed by atoms with van der Waals surface area (Å²) in [5, 5.41) is 3.76. The van der Waals surface area contributed by atoms with Crippen LogP contribution >= 0.6 is 34.2 Å². The first kappa shape index (κ1) is 23.9. The second-order valence-corrected chi connectivity index (χ2v) is 9.59. The molecule has 0 radical (unpaired) electrons. The Hall–Kier alpha value is -1.80. The fourth-order valence-corrected chi connectivity index (χ4v) is 4.18. The zero-order chi connectivity index (χ0) is 22.2. The predicted octanol–water partition coefficient (Wildman–Crippen LogP) is 5.19. The van der Waals surface area contributed by atoms with Crippen LogP contribution in [0.2, 0.25) is 5.02 Å². The van der Waals surface area contributed by atoms with Crippen LogP contribution in [0, 0.1) is 3.57 Å². The third-order valence-electron chi connectivity index (χ3n) is 5.56. The van der Waals surface area contributed by atoms with E-state index in [2.05, 4.69) is 27.9 Å². The summed E-state index contributed by atoms with van der Waals surface area (Å²) in [5.74, 6) is 0.266. The molecule has 5 nitrogen and oxygen atoms in total. The highest BCUT2D eigenvalue weighted by molar-refractivity contribution is 14.1. The highest BCUT2D eigenvalue weighted by atomic mass is 127. The standard InChI is InChI=1S/C24H28ClIN2O3/c1-17(24(30)27-21-5-3-2-4-6-21)28(15-18-7-9-19(25)10-8-18)23(29)16-31-22-13-11-20(26)12-14-22/h7-14,17,21H,2-6,15-16H2,1H3,(H,27,30)/t17-/m1/s1. The van der Waals surface area contributed by atoms with Crippen molar-refractivity contribution >= 4 is 46.0 Å². The maximum Gasteiger partial charge on any atom is 0.261 e. The van der Waals surface area contributed by atoms with Crippen molar-refractivity contribution in [3.05, 3.63) is 62.7 Å². The number of ether oxygens (including phenoxy) is 1. The summed E-state index contributed by atoms with van der Waals surface area (Å²) in [6.45, 7) is 1.96. The minimum Gasteiger partial charge on any atom is -0.484 e. The summed E-state index contributed by atoms with van der Waals surface area (Å²) >= 11 is 8.21. The van der Waals surface area contributed by atoms with Crippen molar-refractivity contribution in [3.8, 4) is 5.75 Å². The average Bonchev–Trinajstić information content (AvgIpc) is 2.78. The normalized spacial score (nSPS) is 15.2. The van der Waals surface area contributed by atoms with E-state index in [9.17, 15) is 9.59 Å². The Morgan fingerprint density at radius 2 is 1.74 bits per heavy atom. The molecular weight excluding hydrogens is 527 g/mol. The molecule has 0 aliphatic heterocycles. The smallest absolute Gasteiger partial charge is 0.261 e. The monoisotopic (exact) mass is 554 g/mol. The molecule has 1 aliphatic carbocycles. The third kappa shape index (κ3) is 7.38. The van der Waals surface area contributed by atoms with E-state index in [1.165, 1.54) is 6.42 Å². The summed E-state index contributed by atoms with van der Waals surface area (Å²) in [6, 6.07) is 14.4. The lowest BCUT2D eigenvalue weighted by molar-refractivity contribution is -0.142. The molecule has 0 saturated heterocycles. The molecule has 0 spiro atoms. The fourth-order valence-electron chi connectivity index (χ4n) is 3.70. The number of rotatable bonds is 8. The molecule has 0 aromatic heterocycles. The van der Waals surface area contributed by atoms with Gasteiger partial charge in [-0.2, -0.15) is 0 Å². The van der Waals surface area contributed by atoms with Crippen LogP contribution in [0.5, 0.6) is 5.75 Å². The zero-order valence-corrected chi connectivity index (χ0v) is 20.6. The van der Waals surface area contributed by atoms with Crippen LogP contribution < -0.4 is 10.1 Å². The van der Waals surface area contributed by atoms with Gasteiger partial charge in [0.05, 0.1) is 0 Å². The SMILES string of the molecule is C[C@H](C(=O)NC1CCCCC1)N(Cc1ccc(Cl)cc1)C(=O)COc1ccc(I)cc1. The van der Waals surface area contributed by atoms with E-state index in [-0.39, 0.29) is 24.5 Å². The Morgan fingerprint density at radius 3 is 2.39 bits per heavy atom. The van der Waals surface area contributed by atoms with Crippen LogP contribution in [0.15, 0.2) is 48.5 Å². The second-order valence-electron chi connectivity index (χ2n) is 7.91. The molecule has 1 saturated carbocycles. The molecule has 3 rings (SSSR count). The minimum atomic E-state index is -0.606. The zero-order valence-electron chi connectivity index (χ0n) is 17.7. The van der Waals surface area contributed by atoms with Gasteiger partial charge in [-0.25, -0.2) is 0 Å². The molecule has 1 aliphatic rings. The van der Waals surface area contributed by atoms with Crippen LogP contribution in [-0.2, 0) is 16.1 Å². The Balaban J connectivity index is 1.69. The molecule has 7 heteroatoms. The molecular formula is C24H28ClIN2O3. The van der Waals surface area contributed by atoms with Gasteiger partial charge < -0.3 is 15.0 Å². The van der Waals surface area contributed by atoms with E-state index in [4.69, 9.17) is 16.3 Å². The van der Waals surface area contributed by atoms with Gasteiger partial charge in [0, 0.05) is 21.2 Å². The molecule has 1 N–H and O–H groups in total. The Kier molecular flexibility index (Phi) is 9.02. The summed E-state index contributed by atoms with van der Waals surface area (Å²) in [5.41, 5.74) is 0.907. The van der Waals surface area contributed by atoms with Crippen molar-refractivity contribution in [2.24, 2.45) is 0 Å². The van der Waals surface area contributed by atoms with E-state index in [1.807, 2.05) is 36.4 Å². The van der Waals surface area contributed by atoms with Crippen molar-refractivity contribution in [3.63, 3.8) is 0 Å². The summed E-state index contributed by atoms with van der Waals surface area (Å²) in [4.78, 5) is 27.6. The lowest BCUT2D eigenvalue weighted by Crippen LogP contribution is -2.51. The van der Waals surface area contributed by atoms with Gasteiger partial charge in [0.25, 0.3) is 5.91 Å². The summed E-state index contributed by atoms with van der Waals surface area (Å²) in [7, 11) is 0. The van der Waals surface area contributed by atoms with Crippen LogP contribution in [0.4, 0.5) is 0 Å². The number of carbonyl (C=O) groups is 2. The maximum absolute atomic E-state index is 13.1. The number of carbonyl (C=O) groups excluding carboxylic acids is 2. The van der Waals surface area contributed by atoms with E-state index in [0.29, 0.717) is 17.3 Å². The van der Waals surface area contributed by atoms with Crippen LogP contribution in [0.3, 0.4) is 0 Å². The first-order valence-electron chi connectivity index (χ1n) is 10.6. The van der Waals surface area contributed by atoms with Crippen molar-refractivity contribution in [1.82, 2.24) is 10.2 Å². The number of hydrogen-bond acceptors (Lipinski definition) is 3. The van der Waals surface area contributed by atoms with Crippen LogP contribution in [0.25, 0.3) is 0 Å². The first-order chi connectivity index (χ1) is 14.9. The molecule has 2 amide bonds. The fraction of sp³-hybridized carbons (Fsp3) is 0.417. The van der Waals surface area contributed by atoms with E-state index in [0.717, 1.165) is 34.8 Å². The molecule has 0 heterocycles. The summed E-state index contributed by atoms with van der Waals surface area (Å²) < 4.78 is 6.78. The second kappa shape index (κ2) is 11.7. The molecule has 2 aromatic carbocycles. The van der Waals surface area contributed by atoms with Crippen molar-refractivity contribution in [1.29, 1.82) is 0 Å². The lowest BCUT2D eigenvalue weighted by atomic mass is 9.95. The molecule has 1 fully saturated rings. The highest BCUT2D eigenvalue weighted by Gasteiger charge is 2.28. The highest BCUT2D eigenvalue weighted by Crippen LogP contribution is 2.19. The number of hydrogen-bond donors (Lipinski definition) is 1. The number of benzene rings is 2. The van der Waals surface area contributed by atoms with E-state index >= 15 is 0 Å². The number of amides is 2. The molecule has 0 bridgehead atoms. The quantitative estimate of drug-likeness (QED) is 0.457. The van der Waals surface area contributed by atoms with Gasteiger partial charge in [-0.3, -0.25) is 9.59 Å². The lowest BCUT2D eigenvalue weighted by Gasteiger charge is -2.31. The van der Waals surface area contributed by atoms with E-state index < -0.39 is 6.04 Å². The van der Waals surface area contributed by atoms with Gasteiger partial charge in [-0.1, -0.05) is 43.0 Å². The third-order valence-corrected chi connectivity index (χ3v) is 6.53. The van der Waals surface area contributed by atoms with Gasteiger partial charge >= 0.3 is 0 Å². The van der Waals surface area contributed by atoms with Gasteiger partial charge in [0.15, 0.2) is 6.61 Å². The Morgan fingerprint density at radius 1 is 1.10 bits per heavy atom. The number of nitrogens with zero attached hydrogens (tertiary/aromatic N) is 1. The first-order valence-corrected chi connectivity index (χ1v) is 12.1. The Labute approximate surface area is 202 Å².